The molecule has 0 amide bonds. The number of hydrogen-bond acceptors (Lipinski definition) is 5. The quantitative estimate of drug-likeness (QED) is 0.306. The molecular formula is C22H27BrN2O4. The molecule has 0 aliphatic heterocycles. The minimum atomic E-state index is -0.410. The third-order valence-electron chi connectivity index (χ3n) is 5.31. The van der Waals surface area contributed by atoms with Crippen molar-refractivity contribution in [1.82, 2.24) is 5.32 Å². The van der Waals surface area contributed by atoms with Crippen molar-refractivity contribution in [3.63, 3.8) is 0 Å². The monoisotopic (exact) mass is 462 g/mol. The van der Waals surface area contributed by atoms with Gasteiger partial charge in [-0.15, -0.1) is 0 Å². The van der Waals surface area contributed by atoms with Gasteiger partial charge in [0.25, 0.3) is 5.69 Å². The number of halogens is 1. The molecule has 0 atom stereocenters. The Balaban J connectivity index is 1.63. The van der Waals surface area contributed by atoms with E-state index in [-0.39, 0.29) is 5.69 Å². The molecule has 2 aromatic carbocycles. The fraction of sp³-hybridized carbons (Fsp3) is 0.455. The van der Waals surface area contributed by atoms with Crippen LogP contribution in [0, 0.1) is 10.1 Å². The topological polar surface area (TPSA) is 73.6 Å². The summed E-state index contributed by atoms with van der Waals surface area (Å²) in [5.41, 5.74) is 2.06. The van der Waals surface area contributed by atoms with Crippen LogP contribution in [-0.2, 0) is 13.2 Å². The number of nitro benzene ring substituents is 1. The number of nitrogens with zero attached hydrogens (tertiary/aromatic N) is 1. The number of hydrogen-bond donors (Lipinski definition) is 1. The lowest BCUT2D eigenvalue weighted by molar-refractivity contribution is -0.384. The molecule has 0 spiro atoms. The molecule has 1 N–H and O–H groups in total. The molecular weight excluding hydrogens is 436 g/mol. The van der Waals surface area contributed by atoms with Crippen LogP contribution in [0.15, 0.2) is 40.9 Å². The zero-order chi connectivity index (χ0) is 20.6. The second-order valence-electron chi connectivity index (χ2n) is 7.38. The van der Waals surface area contributed by atoms with Crippen LogP contribution in [0.2, 0.25) is 0 Å². The highest BCUT2D eigenvalue weighted by atomic mass is 79.9. The predicted molar refractivity (Wildman–Crippen MR) is 116 cm³/mol. The average Bonchev–Trinajstić information content (AvgIpc) is 3.00. The van der Waals surface area contributed by atoms with Gasteiger partial charge in [-0.05, 0) is 48.2 Å². The SMILES string of the molecule is COc1cc(CNC2CCCCCC2)c(Br)cc1OCc1ccc([N+](=O)[O-])cc1. The van der Waals surface area contributed by atoms with Crippen LogP contribution in [0.25, 0.3) is 0 Å². The molecule has 1 aliphatic carbocycles. The van der Waals surface area contributed by atoms with E-state index < -0.39 is 4.92 Å². The van der Waals surface area contributed by atoms with Crippen LogP contribution in [-0.4, -0.2) is 18.1 Å². The summed E-state index contributed by atoms with van der Waals surface area (Å²) in [6.07, 6.45) is 7.78. The Hall–Kier alpha value is -2.12. The van der Waals surface area contributed by atoms with Gasteiger partial charge < -0.3 is 14.8 Å². The summed E-state index contributed by atoms with van der Waals surface area (Å²) in [5.74, 6) is 1.31. The first-order valence-corrected chi connectivity index (χ1v) is 10.8. The molecule has 0 heterocycles. The average molecular weight is 463 g/mol. The molecule has 3 rings (SSSR count). The van der Waals surface area contributed by atoms with Crippen molar-refractivity contribution in [2.45, 2.75) is 57.7 Å². The summed E-state index contributed by atoms with van der Waals surface area (Å²) >= 11 is 3.65. The molecule has 0 radical (unpaired) electrons. The molecule has 29 heavy (non-hydrogen) atoms. The Morgan fingerprint density at radius 3 is 2.41 bits per heavy atom. The normalized spacial score (nSPS) is 15.0. The third kappa shape index (κ3) is 6.18. The van der Waals surface area contributed by atoms with E-state index in [1.54, 1.807) is 19.2 Å². The first-order valence-electron chi connectivity index (χ1n) is 10.0. The lowest BCUT2D eigenvalue weighted by atomic mass is 10.1. The van der Waals surface area contributed by atoms with Gasteiger partial charge in [0.15, 0.2) is 11.5 Å². The number of benzene rings is 2. The van der Waals surface area contributed by atoms with E-state index in [0.717, 1.165) is 22.1 Å². The molecule has 1 aliphatic rings. The summed E-state index contributed by atoms with van der Waals surface area (Å²) in [6.45, 7) is 1.09. The Kier molecular flexibility index (Phi) is 7.89. The van der Waals surface area contributed by atoms with E-state index in [1.807, 2.05) is 12.1 Å². The lowest BCUT2D eigenvalue weighted by Gasteiger charge is -2.18. The van der Waals surface area contributed by atoms with E-state index in [9.17, 15) is 10.1 Å². The molecule has 0 bridgehead atoms. The summed E-state index contributed by atoms with van der Waals surface area (Å²) < 4.78 is 12.4. The van der Waals surface area contributed by atoms with Crippen molar-refractivity contribution < 1.29 is 14.4 Å². The zero-order valence-electron chi connectivity index (χ0n) is 16.7. The van der Waals surface area contributed by atoms with Crippen LogP contribution in [0.5, 0.6) is 11.5 Å². The van der Waals surface area contributed by atoms with Gasteiger partial charge in [-0.2, -0.15) is 0 Å². The van der Waals surface area contributed by atoms with Crippen molar-refractivity contribution in [2.24, 2.45) is 0 Å². The van der Waals surface area contributed by atoms with Crippen LogP contribution in [0.4, 0.5) is 5.69 Å². The highest BCUT2D eigenvalue weighted by Gasteiger charge is 2.15. The Labute approximate surface area is 179 Å². The standard InChI is InChI=1S/C22H27BrN2O4/c1-28-21-12-17(14-24-18-6-4-2-3-5-7-18)20(23)13-22(21)29-15-16-8-10-19(11-9-16)25(26)27/h8-13,18,24H,2-7,14-15H2,1H3. The molecule has 156 valence electrons. The number of nitro groups is 1. The molecule has 0 saturated heterocycles. The molecule has 0 unspecified atom stereocenters. The molecule has 0 aromatic heterocycles. The lowest BCUT2D eigenvalue weighted by Crippen LogP contribution is -2.28. The first kappa shape index (κ1) is 21.6. The predicted octanol–water partition coefficient (Wildman–Crippen LogP) is 5.76. The van der Waals surface area contributed by atoms with Crippen molar-refractivity contribution in [3.8, 4) is 11.5 Å². The van der Waals surface area contributed by atoms with Gasteiger partial charge in [0.2, 0.25) is 0 Å². The van der Waals surface area contributed by atoms with Gasteiger partial charge in [0, 0.05) is 29.2 Å². The molecule has 6 nitrogen and oxygen atoms in total. The van der Waals surface area contributed by atoms with Crippen molar-refractivity contribution in [3.05, 3.63) is 62.1 Å². The smallest absolute Gasteiger partial charge is 0.269 e. The maximum Gasteiger partial charge on any atom is 0.269 e. The van der Waals surface area contributed by atoms with E-state index in [0.29, 0.717) is 24.1 Å². The molecule has 1 saturated carbocycles. The highest BCUT2D eigenvalue weighted by Crippen LogP contribution is 2.34. The molecule has 1 fully saturated rings. The number of rotatable bonds is 8. The summed E-state index contributed by atoms with van der Waals surface area (Å²) in [6, 6.07) is 10.9. The zero-order valence-corrected chi connectivity index (χ0v) is 18.2. The second kappa shape index (κ2) is 10.6. The molecule has 2 aromatic rings. The van der Waals surface area contributed by atoms with E-state index >= 15 is 0 Å². The number of ether oxygens (including phenoxy) is 2. The van der Waals surface area contributed by atoms with Gasteiger partial charge >= 0.3 is 0 Å². The number of nitrogens with one attached hydrogen (secondary N) is 1. The van der Waals surface area contributed by atoms with Gasteiger partial charge in [0.05, 0.1) is 12.0 Å². The third-order valence-corrected chi connectivity index (χ3v) is 6.05. The second-order valence-corrected chi connectivity index (χ2v) is 8.23. The Bertz CT molecular complexity index is 818. The van der Waals surface area contributed by atoms with Crippen LogP contribution >= 0.6 is 15.9 Å². The first-order chi connectivity index (χ1) is 14.1. The van der Waals surface area contributed by atoms with Crippen LogP contribution in [0.1, 0.15) is 49.7 Å². The summed E-state index contributed by atoms with van der Waals surface area (Å²) in [5, 5.41) is 14.4. The highest BCUT2D eigenvalue weighted by molar-refractivity contribution is 9.10. The van der Waals surface area contributed by atoms with Crippen molar-refractivity contribution in [2.75, 3.05) is 7.11 Å². The van der Waals surface area contributed by atoms with Crippen molar-refractivity contribution in [1.29, 1.82) is 0 Å². The maximum absolute atomic E-state index is 10.8. The van der Waals surface area contributed by atoms with E-state index in [4.69, 9.17) is 9.47 Å². The Morgan fingerprint density at radius 1 is 1.10 bits per heavy atom. The fourth-order valence-corrected chi connectivity index (χ4v) is 4.06. The number of methoxy groups -OCH3 is 1. The van der Waals surface area contributed by atoms with Gasteiger partial charge in [-0.25, -0.2) is 0 Å². The van der Waals surface area contributed by atoms with Crippen molar-refractivity contribution >= 4 is 21.6 Å². The van der Waals surface area contributed by atoms with E-state index in [1.165, 1.54) is 50.7 Å². The minimum Gasteiger partial charge on any atom is -0.493 e. The fourth-order valence-electron chi connectivity index (χ4n) is 3.60. The van der Waals surface area contributed by atoms with E-state index in [2.05, 4.69) is 21.2 Å². The summed E-state index contributed by atoms with van der Waals surface area (Å²) in [7, 11) is 1.63. The Morgan fingerprint density at radius 2 is 1.79 bits per heavy atom. The van der Waals surface area contributed by atoms with Gasteiger partial charge in [0.1, 0.15) is 6.61 Å². The minimum absolute atomic E-state index is 0.0691. The molecule has 7 heteroatoms. The van der Waals surface area contributed by atoms with Crippen LogP contribution in [0.3, 0.4) is 0 Å². The largest absolute Gasteiger partial charge is 0.493 e. The summed E-state index contributed by atoms with van der Waals surface area (Å²) in [4.78, 5) is 10.4. The van der Waals surface area contributed by atoms with Gasteiger partial charge in [-0.3, -0.25) is 10.1 Å². The number of non-ortho nitro benzene ring substituents is 1. The van der Waals surface area contributed by atoms with Gasteiger partial charge in [-0.1, -0.05) is 41.6 Å². The maximum atomic E-state index is 10.8. The van der Waals surface area contributed by atoms with Crippen LogP contribution < -0.4 is 14.8 Å².